The molecule has 4 rings (SSSR count). The largest absolute Gasteiger partial charge is 0.465 e. The van der Waals surface area contributed by atoms with Gasteiger partial charge in [-0.25, -0.2) is 9.78 Å². The number of aromatic nitrogens is 2. The quantitative estimate of drug-likeness (QED) is 0.418. The average Bonchev–Trinajstić information content (AvgIpc) is 3.10. The minimum absolute atomic E-state index is 0.352. The molecule has 0 amide bonds. The zero-order valence-corrected chi connectivity index (χ0v) is 17.2. The maximum Gasteiger partial charge on any atom is 0.337 e. The summed E-state index contributed by atoms with van der Waals surface area (Å²) in [5, 5.41) is 0. The molecule has 29 heavy (non-hydrogen) atoms. The monoisotopic (exact) mass is 384 g/mol. The van der Waals surface area contributed by atoms with Gasteiger partial charge in [-0.2, -0.15) is 0 Å². The number of carbonyl (C=O) groups is 1. The predicted octanol–water partition coefficient (Wildman–Crippen LogP) is 5.79. The van der Waals surface area contributed by atoms with Crippen molar-refractivity contribution in [3.63, 3.8) is 0 Å². The van der Waals surface area contributed by atoms with E-state index >= 15 is 0 Å². The maximum absolute atomic E-state index is 11.9. The molecule has 4 nitrogen and oxygen atoms in total. The van der Waals surface area contributed by atoms with E-state index in [1.54, 1.807) is 12.1 Å². The molecule has 3 aromatic carbocycles. The van der Waals surface area contributed by atoms with Crippen LogP contribution in [-0.2, 0) is 11.3 Å². The summed E-state index contributed by atoms with van der Waals surface area (Å²) in [6, 6.07) is 20.4. The summed E-state index contributed by atoms with van der Waals surface area (Å²) in [7, 11) is 1.39. The second-order valence-electron chi connectivity index (χ2n) is 7.24. The Balaban J connectivity index is 1.94. The lowest BCUT2D eigenvalue weighted by Crippen LogP contribution is -2.01. The third kappa shape index (κ3) is 3.31. The summed E-state index contributed by atoms with van der Waals surface area (Å²) < 4.78 is 7.05. The van der Waals surface area contributed by atoms with Gasteiger partial charge in [0.25, 0.3) is 0 Å². The van der Waals surface area contributed by atoms with Crippen LogP contribution < -0.4 is 0 Å². The van der Waals surface area contributed by atoms with E-state index in [1.807, 2.05) is 12.1 Å². The molecule has 0 unspecified atom stereocenters. The molecule has 0 saturated heterocycles. The van der Waals surface area contributed by atoms with Gasteiger partial charge in [-0.05, 0) is 55.7 Å². The fourth-order valence-corrected chi connectivity index (χ4v) is 3.93. The number of methoxy groups -OCH3 is 1. The van der Waals surface area contributed by atoms with Crippen LogP contribution in [-0.4, -0.2) is 22.6 Å². The molecule has 4 aromatic rings. The van der Waals surface area contributed by atoms with Crippen LogP contribution >= 0.6 is 0 Å². The maximum atomic E-state index is 11.9. The van der Waals surface area contributed by atoms with Crippen molar-refractivity contribution < 1.29 is 9.53 Å². The molecular weight excluding hydrogens is 360 g/mol. The fraction of sp³-hybridized carbons (Fsp3) is 0.200. The number of hydrogen-bond acceptors (Lipinski definition) is 3. The van der Waals surface area contributed by atoms with E-state index in [1.165, 1.54) is 23.8 Å². The minimum atomic E-state index is -0.352. The predicted molar refractivity (Wildman–Crippen MR) is 117 cm³/mol. The third-order valence-corrected chi connectivity index (χ3v) is 5.33. The van der Waals surface area contributed by atoms with Crippen molar-refractivity contribution in [1.82, 2.24) is 9.55 Å². The van der Waals surface area contributed by atoms with E-state index in [4.69, 9.17) is 9.72 Å². The van der Waals surface area contributed by atoms with Gasteiger partial charge in [-0.1, -0.05) is 48.0 Å². The van der Waals surface area contributed by atoms with E-state index in [2.05, 4.69) is 61.7 Å². The fourth-order valence-electron chi connectivity index (χ4n) is 3.93. The molecule has 4 heteroatoms. The van der Waals surface area contributed by atoms with Gasteiger partial charge in [0, 0.05) is 12.1 Å². The number of esters is 1. The number of carbonyl (C=O) groups excluding carboxylic acids is 1. The summed E-state index contributed by atoms with van der Waals surface area (Å²) in [5.41, 5.74) is 8.24. The van der Waals surface area contributed by atoms with Crippen molar-refractivity contribution >= 4 is 17.0 Å². The first-order valence-electron chi connectivity index (χ1n) is 9.79. The van der Waals surface area contributed by atoms with E-state index in [0.717, 1.165) is 34.5 Å². The number of aryl methyl sites for hydroxylation is 3. The molecule has 0 bridgehead atoms. The number of fused-ring (bicyclic) bond motifs is 1. The Morgan fingerprint density at radius 3 is 2.41 bits per heavy atom. The second-order valence-corrected chi connectivity index (χ2v) is 7.24. The Kier molecular flexibility index (Phi) is 4.93. The Bertz CT molecular complexity index is 1220. The summed E-state index contributed by atoms with van der Waals surface area (Å²) >= 11 is 0. The molecule has 0 N–H and O–H groups in total. The third-order valence-electron chi connectivity index (χ3n) is 5.33. The number of imidazole rings is 1. The van der Waals surface area contributed by atoms with Gasteiger partial charge in [-0.15, -0.1) is 0 Å². The summed E-state index contributed by atoms with van der Waals surface area (Å²) in [6.45, 7) is 7.14. The van der Waals surface area contributed by atoms with E-state index in [-0.39, 0.29) is 5.97 Å². The highest BCUT2D eigenvalue weighted by molar-refractivity contribution is 5.95. The van der Waals surface area contributed by atoms with Crippen LogP contribution in [0.5, 0.6) is 0 Å². The lowest BCUT2D eigenvalue weighted by atomic mass is 9.94. The van der Waals surface area contributed by atoms with Crippen LogP contribution in [0.25, 0.3) is 33.5 Å². The van der Waals surface area contributed by atoms with Gasteiger partial charge in [-0.3, -0.25) is 0 Å². The molecule has 0 atom stereocenters. The van der Waals surface area contributed by atoms with Crippen molar-refractivity contribution in [2.75, 3.05) is 7.11 Å². The molecule has 0 aliphatic heterocycles. The number of hydrogen-bond donors (Lipinski definition) is 0. The highest BCUT2D eigenvalue weighted by Gasteiger charge is 2.17. The standard InChI is InChI=1S/C25H24N2O2/c1-5-27-23-13-11-18(25(28)29-4)15-22(23)26-24(27)21-9-7-6-8-20(21)19-12-10-16(2)14-17(19)3/h6-15H,5H2,1-4H3. The normalized spacial score (nSPS) is 11.0. The van der Waals surface area contributed by atoms with Crippen molar-refractivity contribution in [1.29, 1.82) is 0 Å². The molecule has 0 aliphatic rings. The van der Waals surface area contributed by atoms with Crippen LogP contribution in [0, 0.1) is 13.8 Å². The van der Waals surface area contributed by atoms with Gasteiger partial charge in [0.15, 0.2) is 0 Å². The summed E-state index contributed by atoms with van der Waals surface area (Å²) in [6.07, 6.45) is 0. The molecule has 0 aliphatic carbocycles. The Morgan fingerprint density at radius 1 is 0.966 bits per heavy atom. The lowest BCUT2D eigenvalue weighted by Gasteiger charge is -2.14. The first kappa shape index (κ1) is 18.9. The van der Waals surface area contributed by atoms with Gasteiger partial charge in [0.2, 0.25) is 0 Å². The topological polar surface area (TPSA) is 44.1 Å². The highest BCUT2D eigenvalue weighted by Crippen LogP contribution is 2.35. The number of benzene rings is 3. The lowest BCUT2D eigenvalue weighted by molar-refractivity contribution is 0.0601. The van der Waals surface area contributed by atoms with Crippen molar-refractivity contribution in [2.45, 2.75) is 27.3 Å². The van der Waals surface area contributed by atoms with Gasteiger partial charge < -0.3 is 9.30 Å². The summed E-state index contributed by atoms with van der Waals surface area (Å²) in [5.74, 6) is 0.551. The van der Waals surface area contributed by atoms with Gasteiger partial charge in [0.05, 0.1) is 23.7 Å². The molecule has 1 aromatic heterocycles. The average molecular weight is 384 g/mol. The van der Waals surface area contributed by atoms with Crippen LogP contribution in [0.4, 0.5) is 0 Å². The first-order chi connectivity index (χ1) is 14.0. The first-order valence-corrected chi connectivity index (χ1v) is 9.79. The minimum Gasteiger partial charge on any atom is -0.465 e. The molecule has 0 spiro atoms. The van der Waals surface area contributed by atoms with Crippen LogP contribution in [0.3, 0.4) is 0 Å². The Morgan fingerprint density at radius 2 is 1.72 bits per heavy atom. The number of nitrogens with zero attached hydrogens (tertiary/aromatic N) is 2. The SMILES string of the molecule is CCn1c(-c2ccccc2-c2ccc(C)cc2C)nc2cc(C(=O)OC)ccc21. The number of rotatable bonds is 4. The van der Waals surface area contributed by atoms with Gasteiger partial charge >= 0.3 is 5.97 Å². The Labute approximate surface area is 170 Å². The zero-order valence-electron chi connectivity index (χ0n) is 17.2. The van der Waals surface area contributed by atoms with Crippen molar-refractivity contribution in [3.8, 4) is 22.5 Å². The van der Waals surface area contributed by atoms with Crippen LogP contribution in [0.1, 0.15) is 28.4 Å². The van der Waals surface area contributed by atoms with Crippen LogP contribution in [0.2, 0.25) is 0 Å². The van der Waals surface area contributed by atoms with E-state index in [9.17, 15) is 4.79 Å². The molecular formula is C25H24N2O2. The summed E-state index contributed by atoms with van der Waals surface area (Å²) in [4.78, 5) is 16.9. The van der Waals surface area contributed by atoms with Gasteiger partial charge in [0.1, 0.15) is 5.82 Å². The number of ether oxygens (including phenoxy) is 1. The molecule has 0 radical (unpaired) electrons. The van der Waals surface area contributed by atoms with Crippen LogP contribution in [0.15, 0.2) is 60.7 Å². The van der Waals surface area contributed by atoms with Crippen molar-refractivity contribution in [3.05, 3.63) is 77.4 Å². The van der Waals surface area contributed by atoms with E-state index < -0.39 is 0 Å². The second kappa shape index (κ2) is 7.55. The van der Waals surface area contributed by atoms with E-state index in [0.29, 0.717) is 5.56 Å². The zero-order chi connectivity index (χ0) is 20.5. The smallest absolute Gasteiger partial charge is 0.337 e. The Hall–Kier alpha value is -3.40. The van der Waals surface area contributed by atoms with Crippen molar-refractivity contribution in [2.24, 2.45) is 0 Å². The molecule has 1 heterocycles. The molecule has 0 saturated carbocycles. The highest BCUT2D eigenvalue weighted by atomic mass is 16.5. The molecule has 146 valence electrons. The molecule has 0 fully saturated rings.